The molecule has 1 saturated heterocycles. The van der Waals surface area contributed by atoms with Gasteiger partial charge in [-0.1, -0.05) is 26.0 Å². The van der Waals surface area contributed by atoms with E-state index in [-0.39, 0.29) is 6.10 Å². The van der Waals surface area contributed by atoms with E-state index in [0.29, 0.717) is 18.3 Å². The number of benzene rings is 1. The highest BCUT2D eigenvalue weighted by molar-refractivity contribution is 5.30. The number of aliphatic hydroxyl groups excluding tert-OH is 1. The molecule has 0 unspecified atom stereocenters. The Morgan fingerprint density at radius 3 is 2.85 bits per heavy atom. The molecule has 3 rings (SSSR count). The van der Waals surface area contributed by atoms with Crippen molar-refractivity contribution in [3.63, 3.8) is 0 Å². The van der Waals surface area contributed by atoms with Crippen molar-refractivity contribution >= 4 is 0 Å². The van der Waals surface area contributed by atoms with E-state index in [1.54, 1.807) is 13.3 Å². The number of hydrogen-bond donors (Lipinski definition) is 1. The number of likely N-dealkylation sites (tertiary alicyclic amines) is 1. The Kier molecular flexibility index (Phi) is 6.12. The van der Waals surface area contributed by atoms with Gasteiger partial charge in [0.05, 0.1) is 7.11 Å². The van der Waals surface area contributed by atoms with Crippen LogP contribution >= 0.6 is 0 Å². The fourth-order valence-corrected chi connectivity index (χ4v) is 3.30. The second kappa shape index (κ2) is 8.52. The molecule has 140 valence electrons. The average molecular weight is 356 g/mol. The van der Waals surface area contributed by atoms with Gasteiger partial charge in [0, 0.05) is 31.9 Å². The monoisotopic (exact) mass is 356 g/mol. The highest BCUT2D eigenvalue weighted by atomic mass is 16.5. The Labute approximate surface area is 155 Å². The van der Waals surface area contributed by atoms with Crippen LogP contribution < -0.4 is 9.47 Å². The van der Waals surface area contributed by atoms with E-state index in [2.05, 4.69) is 35.9 Å². The maximum absolute atomic E-state index is 10.6. The molecule has 0 aliphatic carbocycles. The maximum Gasteiger partial charge on any atom is 0.213 e. The number of pyridine rings is 1. The fraction of sp³-hybridized carbons (Fsp3) is 0.476. The van der Waals surface area contributed by atoms with E-state index >= 15 is 0 Å². The van der Waals surface area contributed by atoms with E-state index in [1.807, 2.05) is 24.3 Å². The first-order valence-corrected chi connectivity index (χ1v) is 9.21. The van der Waals surface area contributed by atoms with E-state index < -0.39 is 6.10 Å². The van der Waals surface area contributed by atoms with Crippen LogP contribution in [0, 0.1) is 0 Å². The first kappa shape index (κ1) is 18.7. The Bertz CT molecular complexity index is 720. The van der Waals surface area contributed by atoms with Gasteiger partial charge in [-0.2, -0.15) is 0 Å². The van der Waals surface area contributed by atoms with Crippen LogP contribution in [-0.4, -0.2) is 47.4 Å². The quantitative estimate of drug-likeness (QED) is 0.861. The number of piperidine rings is 1. The van der Waals surface area contributed by atoms with Crippen LogP contribution in [-0.2, 0) is 6.54 Å². The topological polar surface area (TPSA) is 54.8 Å². The van der Waals surface area contributed by atoms with E-state index in [4.69, 9.17) is 9.47 Å². The van der Waals surface area contributed by atoms with Crippen molar-refractivity contribution in [2.75, 3.05) is 20.2 Å². The predicted molar refractivity (Wildman–Crippen MR) is 102 cm³/mol. The van der Waals surface area contributed by atoms with Gasteiger partial charge >= 0.3 is 0 Å². The molecule has 0 spiro atoms. The molecule has 1 aromatic heterocycles. The van der Waals surface area contributed by atoms with Gasteiger partial charge in [0.25, 0.3) is 0 Å². The standard InChI is InChI=1S/C21H28N2O3/c1-15(2)17-5-4-6-18(12-17)26-20-8-10-23(14-19(20)24)13-16-7-9-22-21(11-16)25-3/h4-7,9,11-12,15,19-20,24H,8,10,13-14H2,1-3H3/t19-,20-/m1/s1. The Hall–Kier alpha value is -2.11. The molecule has 0 saturated carbocycles. The first-order chi connectivity index (χ1) is 12.5. The Morgan fingerprint density at radius 1 is 1.27 bits per heavy atom. The zero-order valence-corrected chi connectivity index (χ0v) is 15.8. The molecule has 1 aromatic carbocycles. The van der Waals surface area contributed by atoms with Crippen molar-refractivity contribution < 1.29 is 14.6 Å². The molecule has 1 N–H and O–H groups in total. The average Bonchev–Trinajstić information content (AvgIpc) is 2.64. The third-order valence-corrected chi connectivity index (χ3v) is 4.83. The van der Waals surface area contributed by atoms with E-state index in [0.717, 1.165) is 30.8 Å². The fourth-order valence-electron chi connectivity index (χ4n) is 3.30. The lowest BCUT2D eigenvalue weighted by atomic mass is 10.0. The van der Waals surface area contributed by atoms with Crippen LogP contribution in [0.25, 0.3) is 0 Å². The van der Waals surface area contributed by atoms with Crippen molar-refractivity contribution in [1.29, 1.82) is 0 Å². The summed E-state index contributed by atoms with van der Waals surface area (Å²) in [5.41, 5.74) is 2.38. The summed E-state index contributed by atoms with van der Waals surface area (Å²) >= 11 is 0. The van der Waals surface area contributed by atoms with Crippen LogP contribution in [0.1, 0.15) is 37.3 Å². The molecule has 1 aliphatic rings. The normalized spacial score (nSPS) is 21.0. The summed E-state index contributed by atoms with van der Waals surface area (Å²) in [5, 5.41) is 10.6. The smallest absolute Gasteiger partial charge is 0.213 e. The molecule has 5 heteroatoms. The van der Waals surface area contributed by atoms with Crippen molar-refractivity contribution in [3.05, 3.63) is 53.7 Å². The van der Waals surface area contributed by atoms with Gasteiger partial charge in [0.2, 0.25) is 5.88 Å². The number of nitrogens with zero attached hydrogens (tertiary/aromatic N) is 2. The number of methoxy groups -OCH3 is 1. The van der Waals surface area contributed by atoms with Gasteiger partial charge in [-0.15, -0.1) is 0 Å². The van der Waals surface area contributed by atoms with Gasteiger partial charge in [-0.3, -0.25) is 4.90 Å². The summed E-state index contributed by atoms with van der Waals surface area (Å²) in [6.07, 6.45) is 1.88. The lowest BCUT2D eigenvalue weighted by Crippen LogP contribution is -2.48. The van der Waals surface area contributed by atoms with Gasteiger partial charge in [-0.05, 0) is 41.7 Å². The molecular formula is C21H28N2O3. The van der Waals surface area contributed by atoms with Gasteiger partial charge in [0.15, 0.2) is 0 Å². The van der Waals surface area contributed by atoms with E-state index in [9.17, 15) is 5.11 Å². The minimum atomic E-state index is -0.504. The second-order valence-corrected chi connectivity index (χ2v) is 7.18. The molecule has 2 atom stereocenters. The molecule has 0 amide bonds. The molecule has 5 nitrogen and oxygen atoms in total. The molecule has 26 heavy (non-hydrogen) atoms. The number of rotatable bonds is 6. The molecule has 0 bridgehead atoms. The largest absolute Gasteiger partial charge is 0.488 e. The van der Waals surface area contributed by atoms with Gasteiger partial charge < -0.3 is 14.6 Å². The maximum atomic E-state index is 10.6. The number of aromatic nitrogens is 1. The van der Waals surface area contributed by atoms with Crippen LogP contribution in [0.5, 0.6) is 11.6 Å². The lowest BCUT2D eigenvalue weighted by molar-refractivity contribution is -0.0275. The second-order valence-electron chi connectivity index (χ2n) is 7.18. The van der Waals surface area contributed by atoms with Crippen molar-refractivity contribution in [3.8, 4) is 11.6 Å². The number of ether oxygens (including phenoxy) is 2. The highest BCUT2D eigenvalue weighted by Gasteiger charge is 2.29. The zero-order valence-electron chi connectivity index (χ0n) is 15.8. The molecule has 1 fully saturated rings. The van der Waals surface area contributed by atoms with Gasteiger partial charge in [-0.25, -0.2) is 4.98 Å². The summed E-state index contributed by atoms with van der Waals surface area (Å²) in [5.74, 6) is 1.92. The molecular weight excluding hydrogens is 328 g/mol. The van der Waals surface area contributed by atoms with Crippen molar-refractivity contribution in [2.24, 2.45) is 0 Å². The predicted octanol–water partition coefficient (Wildman–Crippen LogP) is 3.23. The molecule has 2 aromatic rings. The van der Waals surface area contributed by atoms with Gasteiger partial charge in [0.1, 0.15) is 18.0 Å². The number of hydrogen-bond acceptors (Lipinski definition) is 5. The molecule has 1 aliphatic heterocycles. The first-order valence-electron chi connectivity index (χ1n) is 9.21. The third-order valence-electron chi connectivity index (χ3n) is 4.83. The zero-order chi connectivity index (χ0) is 18.5. The van der Waals surface area contributed by atoms with Crippen LogP contribution in [0.15, 0.2) is 42.6 Å². The third kappa shape index (κ3) is 4.74. The Balaban J connectivity index is 1.57. The summed E-state index contributed by atoms with van der Waals surface area (Å²) in [7, 11) is 1.62. The molecule has 0 radical (unpaired) electrons. The Morgan fingerprint density at radius 2 is 2.12 bits per heavy atom. The SMILES string of the molecule is COc1cc(CN2CC[C@@H](Oc3cccc(C(C)C)c3)[C@H](O)C2)ccn1. The highest BCUT2D eigenvalue weighted by Crippen LogP contribution is 2.24. The number of β-amino-alcohol motifs (C(OH)–C–C–N with tert-alkyl or cyclic N) is 1. The van der Waals surface area contributed by atoms with Crippen molar-refractivity contribution in [1.82, 2.24) is 9.88 Å². The van der Waals surface area contributed by atoms with E-state index in [1.165, 1.54) is 5.56 Å². The summed E-state index contributed by atoms with van der Waals surface area (Å²) in [6.45, 7) is 6.59. The minimum Gasteiger partial charge on any atom is -0.488 e. The van der Waals surface area contributed by atoms with Crippen LogP contribution in [0.3, 0.4) is 0 Å². The van der Waals surface area contributed by atoms with Crippen LogP contribution in [0.4, 0.5) is 0 Å². The van der Waals surface area contributed by atoms with Crippen LogP contribution in [0.2, 0.25) is 0 Å². The summed E-state index contributed by atoms with van der Waals surface area (Å²) in [4.78, 5) is 6.37. The van der Waals surface area contributed by atoms with Crippen molar-refractivity contribution in [2.45, 2.75) is 44.9 Å². The molecule has 2 heterocycles. The number of aliphatic hydroxyl groups is 1. The minimum absolute atomic E-state index is 0.166. The summed E-state index contributed by atoms with van der Waals surface area (Å²) in [6, 6.07) is 12.1. The summed E-state index contributed by atoms with van der Waals surface area (Å²) < 4.78 is 11.3. The lowest BCUT2D eigenvalue weighted by Gasteiger charge is -2.36.